The Morgan fingerprint density at radius 3 is 0.588 bits per heavy atom. The Kier molecular flexibility index (Phi) is 17.2. The zero-order chi connectivity index (χ0) is 25.9. The van der Waals surface area contributed by atoms with Gasteiger partial charge in [-0.3, -0.25) is 0 Å². The summed E-state index contributed by atoms with van der Waals surface area (Å²) < 4.78 is 0. The fourth-order valence-corrected chi connectivity index (χ4v) is 4.10. The van der Waals surface area contributed by atoms with Crippen molar-refractivity contribution < 1.29 is 4.79 Å². The van der Waals surface area contributed by atoms with Crippen LogP contribution in [0.3, 0.4) is 0 Å². The average Bonchev–Trinajstić information content (AvgIpc) is 2.90. The molecule has 2 rings (SSSR count). The second kappa shape index (κ2) is 18.7. The number of hydrogen-bond acceptors (Lipinski definition) is 5. The molecule has 34 heavy (non-hydrogen) atoms. The molecule has 2 aromatic rings. The molecule has 0 amide bonds. The van der Waals surface area contributed by atoms with Crippen molar-refractivity contribution in [2.45, 2.75) is 55.4 Å². The Balaban J connectivity index is 0.000000597. The van der Waals surface area contributed by atoms with E-state index in [2.05, 4.69) is 124 Å². The molecule has 0 radical (unpaired) electrons. The number of benzene rings is 2. The average molecular weight is 471 g/mol. The number of nitrogens with zero attached hydrogens (tertiary/aromatic N) is 4. The minimum Gasteiger partial charge on any atom is -0.372 e. The molecule has 5 heteroatoms. The fourth-order valence-electron chi connectivity index (χ4n) is 4.10. The highest BCUT2D eigenvalue weighted by Crippen LogP contribution is 2.21. The molecular weight excluding hydrogens is 420 g/mol. The number of carbonyl (C=O) groups is 1. The molecule has 5 nitrogen and oxygen atoms in total. The van der Waals surface area contributed by atoms with Gasteiger partial charge >= 0.3 is 0 Å². The summed E-state index contributed by atoms with van der Waals surface area (Å²) in [5.41, 5.74) is 5.28. The lowest BCUT2D eigenvalue weighted by atomic mass is 10.2. The summed E-state index contributed by atoms with van der Waals surface area (Å²) >= 11 is 0. The van der Waals surface area contributed by atoms with Crippen molar-refractivity contribution in [2.75, 3.05) is 72.0 Å². The molecule has 0 fully saturated rings. The van der Waals surface area contributed by atoms with Crippen molar-refractivity contribution in [3.05, 3.63) is 48.5 Å². The van der Waals surface area contributed by atoms with Crippen LogP contribution in [0.5, 0.6) is 0 Å². The predicted molar refractivity (Wildman–Crippen MR) is 154 cm³/mol. The summed E-state index contributed by atoms with van der Waals surface area (Å²) in [4.78, 5) is 17.5. The van der Waals surface area contributed by atoms with Crippen LogP contribution in [0.1, 0.15) is 55.4 Å². The molecule has 0 saturated heterocycles. The SMILES string of the molecule is C=O.CCN(CC)c1ccc(N(CC)CC)cc1.CCN(CC)c1ccc(N(CC)CC)cc1. The highest BCUT2D eigenvalue weighted by Gasteiger charge is 2.05. The summed E-state index contributed by atoms with van der Waals surface area (Å²) in [5, 5.41) is 0. The first kappa shape index (κ1) is 31.3. The Morgan fingerprint density at radius 2 is 0.500 bits per heavy atom. The number of hydrogen-bond donors (Lipinski definition) is 0. The van der Waals surface area contributed by atoms with E-state index in [0.717, 1.165) is 52.4 Å². The van der Waals surface area contributed by atoms with Crippen LogP contribution >= 0.6 is 0 Å². The van der Waals surface area contributed by atoms with Crippen molar-refractivity contribution >= 4 is 29.5 Å². The molecule has 2 aromatic carbocycles. The second-order valence-corrected chi connectivity index (χ2v) is 7.72. The molecule has 0 spiro atoms. The molecule has 0 saturated carbocycles. The van der Waals surface area contributed by atoms with Crippen LogP contribution in [0.4, 0.5) is 22.7 Å². The third-order valence-corrected chi connectivity index (χ3v) is 6.21. The molecule has 0 aromatic heterocycles. The van der Waals surface area contributed by atoms with E-state index >= 15 is 0 Å². The minimum atomic E-state index is 1.07. The van der Waals surface area contributed by atoms with Gasteiger partial charge in [-0.2, -0.15) is 0 Å². The van der Waals surface area contributed by atoms with E-state index < -0.39 is 0 Å². The van der Waals surface area contributed by atoms with Crippen molar-refractivity contribution in [3.63, 3.8) is 0 Å². The van der Waals surface area contributed by atoms with Crippen LogP contribution in [0.2, 0.25) is 0 Å². The van der Waals surface area contributed by atoms with Gasteiger partial charge in [0.2, 0.25) is 0 Å². The topological polar surface area (TPSA) is 30.0 Å². The van der Waals surface area contributed by atoms with Crippen molar-refractivity contribution in [1.82, 2.24) is 0 Å². The Bertz CT molecular complexity index is 591. The lowest BCUT2D eigenvalue weighted by Gasteiger charge is -2.24. The Labute approximate surface area is 210 Å². The Hall–Kier alpha value is -2.69. The van der Waals surface area contributed by atoms with Crippen LogP contribution in [0, 0.1) is 0 Å². The van der Waals surface area contributed by atoms with Crippen molar-refractivity contribution in [2.24, 2.45) is 0 Å². The molecule has 0 heterocycles. The molecule has 0 aliphatic rings. The quantitative estimate of drug-likeness (QED) is 0.350. The van der Waals surface area contributed by atoms with E-state index in [1.54, 1.807) is 0 Å². The first-order chi connectivity index (χ1) is 16.5. The summed E-state index contributed by atoms with van der Waals surface area (Å²) in [5.74, 6) is 0. The third-order valence-electron chi connectivity index (χ3n) is 6.21. The highest BCUT2D eigenvalue weighted by molar-refractivity contribution is 5.57. The van der Waals surface area contributed by atoms with E-state index in [1.165, 1.54) is 22.7 Å². The maximum atomic E-state index is 8.00. The van der Waals surface area contributed by atoms with Gasteiger partial charge in [0.25, 0.3) is 0 Å². The number of anilines is 4. The third kappa shape index (κ3) is 9.66. The summed E-state index contributed by atoms with van der Waals surface area (Å²) in [6, 6.07) is 17.8. The van der Waals surface area contributed by atoms with E-state index in [9.17, 15) is 0 Å². The van der Waals surface area contributed by atoms with Gasteiger partial charge < -0.3 is 24.4 Å². The van der Waals surface area contributed by atoms with Crippen LogP contribution in [0.25, 0.3) is 0 Å². The van der Waals surface area contributed by atoms with E-state index in [-0.39, 0.29) is 0 Å². The molecular formula is C29H50N4O. The first-order valence-corrected chi connectivity index (χ1v) is 13.0. The Morgan fingerprint density at radius 1 is 0.382 bits per heavy atom. The van der Waals surface area contributed by atoms with Crippen molar-refractivity contribution in [1.29, 1.82) is 0 Å². The van der Waals surface area contributed by atoms with Gasteiger partial charge in [-0.1, -0.05) is 0 Å². The maximum absolute atomic E-state index is 8.00. The maximum Gasteiger partial charge on any atom is 0.106 e. The largest absolute Gasteiger partial charge is 0.372 e. The lowest BCUT2D eigenvalue weighted by Crippen LogP contribution is -2.23. The standard InChI is InChI=1S/2C14H24N2.CH2O/c2*1-5-15(6-2)13-9-11-14(12-10-13)16(7-3)8-4;1-2/h2*9-12H,5-8H2,1-4H3;1H2. The van der Waals surface area contributed by atoms with Crippen LogP contribution < -0.4 is 19.6 Å². The van der Waals surface area contributed by atoms with Gasteiger partial charge in [-0.05, 0) is 104 Å². The summed E-state index contributed by atoms with van der Waals surface area (Å²) in [6.07, 6.45) is 0. The molecule has 192 valence electrons. The molecule has 0 bridgehead atoms. The van der Waals surface area contributed by atoms with Gasteiger partial charge in [0.1, 0.15) is 6.79 Å². The molecule has 0 unspecified atom stereocenters. The van der Waals surface area contributed by atoms with Gasteiger partial charge in [0.15, 0.2) is 0 Å². The minimum absolute atomic E-state index is 1.07. The second-order valence-electron chi connectivity index (χ2n) is 7.72. The molecule has 0 aliphatic carbocycles. The fraction of sp³-hybridized carbons (Fsp3) is 0.552. The zero-order valence-electron chi connectivity index (χ0n) is 23.2. The first-order valence-electron chi connectivity index (χ1n) is 13.0. The summed E-state index contributed by atoms with van der Waals surface area (Å²) in [7, 11) is 0. The molecule has 0 N–H and O–H groups in total. The predicted octanol–water partition coefficient (Wildman–Crippen LogP) is 6.57. The van der Waals surface area contributed by atoms with E-state index in [4.69, 9.17) is 4.79 Å². The molecule has 0 atom stereocenters. The smallest absolute Gasteiger partial charge is 0.106 e. The normalized spacial score (nSPS) is 9.76. The van der Waals surface area contributed by atoms with Gasteiger partial charge in [-0.25, -0.2) is 0 Å². The van der Waals surface area contributed by atoms with Crippen molar-refractivity contribution in [3.8, 4) is 0 Å². The number of carbonyl (C=O) groups excluding carboxylic acids is 1. The van der Waals surface area contributed by atoms with Crippen LogP contribution in [-0.2, 0) is 4.79 Å². The van der Waals surface area contributed by atoms with Gasteiger partial charge in [-0.15, -0.1) is 0 Å². The van der Waals surface area contributed by atoms with E-state index in [0.29, 0.717) is 0 Å². The zero-order valence-corrected chi connectivity index (χ0v) is 23.2. The van der Waals surface area contributed by atoms with E-state index in [1.807, 2.05) is 6.79 Å². The monoisotopic (exact) mass is 470 g/mol. The highest BCUT2D eigenvalue weighted by atomic mass is 16.1. The van der Waals surface area contributed by atoms with Crippen LogP contribution in [0.15, 0.2) is 48.5 Å². The summed E-state index contributed by atoms with van der Waals surface area (Å²) in [6.45, 7) is 28.1. The van der Waals surface area contributed by atoms with Gasteiger partial charge in [0.05, 0.1) is 0 Å². The molecule has 0 aliphatic heterocycles. The lowest BCUT2D eigenvalue weighted by molar-refractivity contribution is -0.0979. The van der Waals surface area contributed by atoms with Gasteiger partial charge in [0, 0.05) is 75.1 Å². The number of rotatable bonds is 12. The van der Waals surface area contributed by atoms with Crippen LogP contribution in [-0.4, -0.2) is 59.1 Å².